The Morgan fingerprint density at radius 2 is 1.86 bits per heavy atom. The van der Waals surface area contributed by atoms with Crippen molar-refractivity contribution in [3.63, 3.8) is 0 Å². The van der Waals surface area contributed by atoms with Gasteiger partial charge in [-0.2, -0.15) is 0 Å². The van der Waals surface area contributed by atoms with E-state index in [4.69, 9.17) is 5.73 Å². The third-order valence-electron chi connectivity index (χ3n) is 5.06. The third-order valence-corrected chi connectivity index (χ3v) is 5.06. The summed E-state index contributed by atoms with van der Waals surface area (Å²) in [5.74, 6) is 0.0466. The van der Waals surface area contributed by atoms with Crippen molar-refractivity contribution < 1.29 is 14.7 Å². The van der Waals surface area contributed by atoms with E-state index in [1.807, 2.05) is 24.4 Å². The van der Waals surface area contributed by atoms with Gasteiger partial charge in [0.2, 0.25) is 0 Å². The molecular weight excluding hydrogens is 356 g/mol. The van der Waals surface area contributed by atoms with Crippen LogP contribution in [0.2, 0.25) is 0 Å². The van der Waals surface area contributed by atoms with Crippen LogP contribution in [0.15, 0.2) is 42.6 Å². The first-order chi connectivity index (χ1) is 13.5. The van der Waals surface area contributed by atoms with Gasteiger partial charge in [0.25, 0.3) is 5.91 Å². The summed E-state index contributed by atoms with van der Waals surface area (Å²) in [7, 11) is 0. The SMILES string of the molecule is NC(=O)c1cc(C(=O)CCCCN2CCN(c3ccccn3)CC2)ccc1O. The maximum atomic E-state index is 12.3. The number of rotatable bonds is 8. The van der Waals surface area contributed by atoms with Crippen molar-refractivity contribution in [1.82, 2.24) is 9.88 Å². The molecule has 1 amide bonds. The topological polar surface area (TPSA) is 99.8 Å². The van der Waals surface area contributed by atoms with Gasteiger partial charge in [0.15, 0.2) is 5.78 Å². The highest BCUT2D eigenvalue weighted by Gasteiger charge is 2.17. The molecular formula is C21H26N4O3. The molecule has 2 heterocycles. The van der Waals surface area contributed by atoms with Crippen molar-refractivity contribution in [2.75, 3.05) is 37.6 Å². The number of piperazine rings is 1. The minimum absolute atomic E-state index is 0.0170. The molecule has 1 fully saturated rings. The molecule has 1 aromatic heterocycles. The molecule has 0 radical (unpaired) electrons. The molecule has 3 N–H and O–H groups in total. The number of anilines is 1. The zero-order chi connectivity index (χ0) is 19.9. The van der Waals surface area contributed by atoms with Crippen molar-refractivity contribution in [3.05, 3.63) is 53.7 Å². The fourth-order valence-electron chi connectivity index (χ4n) is 3.41. The summed E-state index contributed by atoms with van der Waals surface area (Å²) in [5, 5.41) is 9.61. The summed E-state index contributed by atoms with van der Waals surface area (Å²) in [6.07, 6.45) is 3.96. The van der Waals surface area contributed by atoms with Gasteiger partial charge in [-0.1, -0.05) is 6.07 Å². The van der Waals surface area contributed by atoms with E-state index < -0.39 is 5.91 Å². The van der Waals surface area contributed by atoms with E-state index >= 15 is 0 Å². The van der Waals surface area contributed by atoms with Crippen molar-refractivity contribution in [3.8, 4) is 5.75 Å². The van der Waals surface area contributed by atoms with Crippen LogP contribution in [0.25, 0.3) is 0 Å². The monoisotopic (exact) mass is 382 g/mol. The Hall–Kier alpha value is -2.93. The van der Waals surface area contributed by atoms with Gasteiger partial charge in [-0.15, -0.1) is 0 Å². The van der Waals surface area contributed by atoms with Crippen LogP contribution in [0, 0.1) is 0 Å². The van der Waals surface area contributed by atoms with Crippen LogP contribution in [-0.2, 0) is 0 Å². The molecule has 1 aliphatic heterocycles. The van der Waals surface area contributed by atoms with Gasteiger partial charge in [-0.25, -0.2) is 4.98 Å². The second-order valence-corrected chi connectivity index (χ2v) is 6.99. The first-order valence-corrected chi connectivity index (χ1v) is 9.59. The summed E-state index contributed by atoms with van der Waals surface area (Å²) < 4.78 is 0. The van der Waals surface area contributed by atoms with E-state index in [9.17, 15) is 14.7 Å². The lowest BCUT2D eigenvalue weighted by atomic mass is 10.0. The first kappa shape index (κ1) is 19.8. The number of benzene rings is 1. The van der Waals surface area contributed by atoms with Crippen LogP contribution in [0.1, 0.15) is 40.0 Å². The van der Waals surface area contributed by atoms with Crippen LogP contribution in [0.3, 0.4) is 0 Å². The molecule has 0 atom stereocenters. The lowest BCUT2D eigenvalue weighted by Gasteiger charge is -2.35. The number of hydrogen-bond donors (Lipinski definition) is 2. The summed E-state index contributed by atoms with van der Waals surface area (Å²) in [5.41, 5.74) is 5.61. The van der Waals surface area contributed by atoms with Crippen molar-refractivity contribution in [1.29, 1.82) is 0 Å². The van der Waals surface area contributed by atoms with Crippen LogP contribution >= 0.6 is 0 Å². The number of aromatic hydroxyl groups is 1. The number of carbonyl (C=O) groups excluding carboxylic acids is 2. The molecule has 0 saturated carbocycles. The standard InChI is InChI=1S/C21H26N4O3/c22-21(28)17-15-16(7-8-19(17)27)18(26)5-2-4-10-24-11-13-25(14-12-24)20-6-1-3-9-23-20/h1,3,6-9,15,27H,2,4-5,10-14H2,(H2,22,28). The van der Waals surface area contributed by atoms with Crippen molar-refractivity contribution in [2.24, 2.45) is 5.73 Å². The second-order valence-electron chi connectivity index (χ2n) is 6.99. The number of amides is 1. The number of primary amides is 1. The molecule has 0 spiro atoms. The third kappa shape index (κ3) is 5.07. The van der Waals surface area contributed by atoms with Crippen LogP contribution in [0.5, 0.6) is 5.75 Å². The van der Waals surface area contributed by atoms with Crippen molar-refractivity contribution in [2.45, 2.75) is 19.3 Å². The molecule has 0 bridgehead atoms. The second kappa shape index (κ2) is 9.32. The van der Waals surface area contributed by atoms with Gasteiger partial charge in [-0.3, -0.25) is 14.5 Å². The minimum Gasteiger partial charge on any atom is -0.507 e. The van der Waals surface area contributed by atoms with Crippen molar-refractivity contribution >= 4 is 17.5 Å². The molecule has 7 heteroatoms. The number of unbranched alkanes of at least 4 members (excludes halogenated alkanes) is 1. The number of aromatic nitrogens is 1. The molecule has 1 aliphatic rings. The lowest BCUT2D eigenvalue weighted by Crippen LogP contribution is -2.46. The highest BCUT2D eigenvalue weighted by Crippen LogP contribution is 2.19. The molecule has 0 unspecified atom stereocenters. The number of ketones is 1. The summed E-state index contributed by atoms with van der Waals surface area (Å²) in [6, 6.07) is 10.2. The average Bonchev–Trinajstić information content (AvgIpc) is 2.72. The largest absolute Gasteiger partial charge is 0.507 e. The van der Waals surface area contributed by atoms with Gasteiger partial charge >= 0.3 is 0 Å². The number of nitrogens with zero attached hydrogens (tertiary/aromatic N) is 3. The predicted molar refractivity (Wildman–Crippen MR) is 108 cm³/mol. The van der Waals surface area contributed by atoms with E-state index in [1.54, 1.807) is 0 Å². The molecule has 1 aromatic carbocycles. The number of phenols is 1. The fraction of sp³-hybridized carbons (Fsp3) is 0.381. The highest BCUT2D eigenvalue weighted by molar-refractivity contribution is 6.01. The summed E-state index contributed by atoms with van der Waals surface area (Å²) >= 11 is 0. The molecule has 0 aliphatic carbocycles. The summed E-state index contributed by atoms with van der Waals surface area (Å²) in [6.45, 7) is 4.86. The van der Waals surface area contributed by atoms with Crippen LogP contribution < -0.4 is 10.6 Å². The molecule has 28 heavy (non-hydrogen) atoms. The Bertz CT molecular complexity index is 818. The Labute approximate surface area is 164 Å². The molecule has 148 valence electrons. The Morgan fingerprint density at radius 3 is 2.54 bits per heavy atom. The molecule has 2 aromatic rings. The molecule has 7 nitrogen and oxygen atoms in total. The highest BCUT2D eigenvalue weighted by atomic mass is 16.3. The maximum absolute atomic E-state index is 12.3. The first-order valence-electron chi connectivity index (χ1n) is 9.59. The number of hydrogen-bond acceptors (Lipinski definition) is 6. The number of Topliss-reactive ketones (excluding diaryl/α,β-unsaturated/α-hetero) is 1. The van der Waals surface area contributed by atoms with Gasteiger partial charge < -0.3 is 15.7 Å². The number of carbonyl (C=O) groups is 2. The van der Waals surface area contributed by atoms with Crippen LogP contribution in [0.4, 0.5) is 5.82 Å². The lowest BCUT2D eigenvalue weighted by molar-refractivity contribution is 0.0977. The predicted octanol–water partition coefficient (Wildman–Crippen LogP) is 2.06. The quantitative estimate of drug-likeness (QED) is 0.535. The van der Waals surface area contributed by atoms with Crippen LogP contribution in [-0.4, -0.2) is 59.4 Å². The Kier molecular flexibility index (Phi) is 6.60. The average molecular weight is 382 g/mol. The van der Waals surface area contributed by atoms with E-state index in [0.29, 0.717) is 12.0 Å². The Morgan fingerprint density at radius 1 is 1.07 bits per heavy atom. The maximum Gasteiger partial charge on any atom is 0.252 e. The van der Waals surface area contributed by atoms with Gasteiger partial charge in [0.05, 0.1) is 5.56 Å². The zero-order valence-electron chi connectivity index (χ0n) is 15.9. The fourth-order valence-corrected chi connectivity index (χ4v) is 3.41. The van der Waals surface area contributed by atoms with E-state index in [2.05, 4.69) is 14.8 Å². The van der Waals surface area contributed by atoms with E-state index in [0.717, 1.165) is 51.4 Å². The minimum atomic E-state index is -0.739. The number of nitrogens with two attached hydrogens (primary N) is 1. The Balaban J connectivity index is 1.39. The van der Waals surface area contributed by atoms with Gasteiger partial charge in [0, 0.05) is 44.4 Å². The van der Waals surface area contributed by atoms with E-state index in [1.165, 1.54) is 18.2 Å². The smallest absolute Gasteiger partial charge is 0.252 e. The zero-order valence-corrected chi connectivity index (χ0v) is 15.9. The van der Waals surface area contributed by atoms with Gasteiger partial charge in [-0.05, 0) is 49.7 Å². The molecule has 1 saturated heterocycles. The van der Waals surface area contributed by atoms with Gasteiger partial charge in [0.1, 0.15) is 11.6 Å². The number of pyridine rings is 1. The normalized spacial score (nSPS) is 14.8. The summed E-state index contributed by atoms with van der Waals surface area (Å²) in [4.78, 5) is 32.7. The van der Waals surface area contributed by atoms with E-state index in [-0.39, 0.29) is 17.1 Å². The molecule has 3 rings (SSSR count).